The van der Waals surface area contributed by atoms with Gasteiger partial charge in [-0.1, -0.05) is 12.1 Å². The number of anilines is 2. The van der Waals surface area contributed by atoms with Crippen molar-refractivity contribution < 1.29 is 19.4 Å². The van der Waals surface area contributed by atoms with E-state index in [9.17, 15) is 25.0 Å². The number of rotatable bonds is 5. The minimum atomic E-state index is -0.670. The van der Waals surface area contributed by atoms with E-state index in [1.807, 2.05) is 4.90 Å². The lowest BCUT2D eigenvalue weighted by molar-refractivity contribution is -0.384. The van der Waals surface area contributed by atoms with Crippen molar-refractivity contribution in [1.82, 2.24) is 5.32 Å². The molecule has 1 saturated heterocycles. The van der Waals surface area contributed by atoms with Crippen LogP contribution in [-0.2, 0) is 4.74 Å². The Bertz CT molecular complexity index is 1010. The highest BCUT2D eigenvalue weighted by atomic mass is 32.1. The maximum Gasteiger partial charge on any atom is 0.292 e. The number of nitrogens with one attached hydrogen (secondary N) is 2. The SMILES string of the molecule is O=C(NC(=S)Nc1ccccc1[N+](=O)[O-])c1cc([N+](=O)[O-])ccc1N1CCOCC1. The minimum Gasteiger partial charge on any atom is -0.378 e. The fourth-order valence-corrected chi connectivity index (χ4v) is 3.16. The smallest absolute Gasteiger partial charge is 0.292 e. The zero-order valence-electron chi connectivity index (χ0n) is 15.6. The molecule has 0 bridgehead atoms. The van der Waals surface area contributed by atoms with Gasteiger partial charge in [0.15, 0.2) is 5.11 Å². The van der Waals surface area contributed by atoms with Crippen molar-refractivity contribution in [1.29, 1.82) is 0 Å². The topological polar surface area (TPSA) is 140 Å². The Morgan fingerprint density at radius 3 is 2.43 bits per heavy atom. The number of ether oxygens (including phenoxy) is 1. The summed E-state index contributed by atoms with van der Waals surface area (Å²) in [5.41, 5.74) is 0.237. The number of carbonyl (C=O) groups excluding carboxylic acids is 1. The van der Waals surface area contributed by atoms with Crippen LogP contribution in [0.4, 0.5) is 22.7 Å². The lowest BCUT2D eigenvalue weighted by Gasteiger charge is -2.30. The van der Waals surface area contributed by atoms with Gasteiger partial charge in [-0.3, -0.25) is 30.3 Å². The van der Waals surface area contributed by atoms with Crippen LogP contribution in [0.25, 0.3) is 0 Å². The van der Waals surface area contributed by atoms with Gasteiger partial charge in [0.25, 0.3) is 17.3 Å². The Balaban J connectivity index is 1.83. The second-order valence-corrected chi connectivity index (χ2v) is 6.65. The largest absolute Gasteiger partial charge is 0.378 e. The van der Waals surface area contributed by atoms with Crippen LogP contribution in [0.2, 0.25) is 0 Å². The van der Waals surface area contributed by atoms with Crippen molar-refractivity contribution in [3.05, 3.63) is 68.3 Å². The van der Waals surface area contributed by atoms with Gasteiger partial charge in [0, 0.05) is 31.3 Å². The highest BCUT2D eigenvalue weighted by Crippen LogP contribution is 2.27. The van der Waals surface area contributed by atoms with Crippen molar-refractivity contribution in [2.24, 2.45) is 0 Å². The van der Waals surface area contributed by atoms with E-state index in [0.717, 1.165) is 0 Å². The number of carbonyl (C=O) groups is 1. The molecule has 3 rings (SSSR count). The standard InChI is InChI=1S/C18H17N5O6S/c24-17(20-18(30)19-14-3-1-2-4-16(14)23(27)28)13-11-12(22(25)26)5-6-15(13)21-7-9-29-10-8-21/h1-6,11H,7-10H2,(H2,19,20,24,30). The zero-order chi connectivity index (χ0) is 21.7. The van der Waals surface area contributed by atoms with Crippen LogP contribution in [0.15, 0.2) is 42.5 Å². The fraction of sp³-hybridized carbons (Fsp3) is 0.222. The van der Waals surface area contributed by atoms with E-state index in [1.165, 1.54) is 36.4 Å². The lowest BCUT2D eigenvalue weighted by atomic mass is 10.1. The molecule has 1 aliphatic rings. The monoisotopic (exact) mass is 431 g/mol. The summed E-state index contributed by atoms with van der Waals surface area (Å²) >= 11 is 5.11. The van der Waals surface area contributed by atoms with Gasteiger partial charge in [-0.25, -0.2) is 0 Å². The maximum atomic E-state index is 12.8. The van der Waals surface area contributed by atoms with Crippen LogP contribution in [0.3, 0.4) is 0 Å². The van der Waals surface area contributed by atoms with E-state index in [-0.39, 0.29) is 27.7 Å². The fourth-order valence-electron chi connectivity index (χ4n) is 2.96. The summed E-state index contributed by atoms with van der Waals surface area (Å²) in [7, 11) is 0. The molecule has 2 N–H and O–H groups in total. The summed E-state index contributed by atoms with van der Waals surface area (Å²) in [6.45, 7) is 1.99. The summed E-state index contributed by atoms with van der Waals surface area (Å²) < 4.78 is 5.31. The molecule has 2 aromatic rings. The Hall–Kier alpha value is -3.64. The Kier molecular flexibility index (Phi) is 6.49. The molecule has 30 heavy (non-hydrogen) atoms. The molecule has 2 aromatic carbocycles. The van der Waals surface area contributed by atoms with E-state index in [2.05, 4.69) is 10.6 Å². The number of benzene rings is 2. The third-order valence-electron chi connectivity index (χ3n) is 4.36. The normalized spacial score (nSPS) is 13.4. The number of nitro groups is 2. The third kappa shape index (κ3) is 4.85. The van der Waals surface area contributed by atoms with Gasteiger partial charge < -0.3 is 15.0 Å². The minimum absolute atomic E-state index is 0.0674. The summed E-state index contributed by atoms with van der Waals surface area (Å²) in [6, 6.07) is 9.84. The number of hydrogen-bond donors (Lipinski definition) is 2. The number of hydrogen-bond acceptors (Lipinski definition) is 8. The molecule has 1 heterocycles. The average Bonchev–Trinajstić information content (AvgIpc) is 2.74. The van der Waals surface area contributed by atoms with Gasteiger partial charge in [0.2, 0.25) is 0 Å². The number of nitrogens with zero attached hydrogens (tertiary/aromatic N) is 3. The average molecular weight is 431 g/mol. The first-order chi connectivity index (χ1) is 14.4. The molecule has 156 valence electrons. The molecule has 1 fully saturated rings. The molecular formula is C18H17N5O6S. The second-order valence-electron chi connectivity index (χ2n) is 6.24. The van der Waals surface area contributed by atoms with Gasteiger partial charge >= 0.3 is 0 Å². The van der Waals surface area contributed by atoms with Crippen LogP contribution >= 0.6 is 12.2 Å². The first kappa shape index (κ1) is 21.1. The quantitative estimate of drug-likeness (QED) is 0.415. The van der Waals surface area contributed by atoms with Crippen LogP contribution in [0.1, 0.15) is 10.4 Å². The molecular weight excluding hydrogens is 414 g/mol. The van der Waals surface area contributed by atoms with Gasteiger partial charge in [-0.2, -0.15) is 0 Å². The molecule has 1 amide bonds. The van der Waals surface area contributed by atoms with Gasteiger partial charge in [-0.05, 0) is 24.4 Å². The van der Waals surface area contributed by atoms with Crippen molar-refractivity contribution >= 4 is 46.0 Å². The summed E-state index contributed by atoms with van der Waals surface area (Å²) in [5, 5.41) is 27.2. The maximum absolute atomic E-state index is 12.8. The summed E-state index contributed by atoms with van der Waals surface area (Å²) in [5.74, 6) is -0.670. The van der Waals surface area contributed by atoms with E-state index in [4.69, 9.17) is 17.0 Å². The lowest BCUT2D eigenvalue weighted by Crippen LogP contribution is -2.39. The first-order valence-corrected chi connectivity index (χ1v) is 9.24. The molecule has 0 aromatic heterocycles. The highest BCUT2D eigenvalue weighted by molar-refractivity contribution is 7.80. The molecule has 0 unspecified atom stereocenters. The van der Waals surface area contributed by atoms with Crippen molar-refractivity contribution in [3.8, 4) is 0 Å². The van der Waals surface area contributed by atoms with E-state index >= 15 is 0 Å². The highest BCUT2D eigenvalue weighted by Gasteiger charge is 2.23. The summed E-state index contributed by atoms with van der Waals surface area (Å²) in [6.07, 6.45) is 0. The van der Waals surface area contributed by atoms with Crippen LogP contribution < -0.4 is 15.5 Å². The molecule has 12 heteroatoms. The molecule has 0 spiro atoms. The number of morpholine rings is 1. The zero-order valence-corrected chi connectivity index (χ0v) is 16.4. The predicted molar refractivity (Wildman–Crippen MR) is 113 cm³/mol. The van der Waals surface area contributed by atoms with E-state index in [0.29, 0.717) is 32.0 Å². The molecule has 11 nitrogen and oxygen atoms in total. The molecule has 0 aliphatic carbocycles. The Morgan fingerprint density at radius 2 is 1.77 bits per heavy atom. The van der Waals surface area contributed by atoms with Gasteiger partial charge in [0.1, 0.15) is 5.69 Å². The molecule has 1 aliphatic heterocycles. The number of para-hydroxylation sites is 2. The number of amides is 1. The van der Waals surface area contributed by atoms with Gasteiger partial charge in [-0.15, -0.1) is 0 Å². The van der Waals surface area contributed by atoms with Crippen molar-refractivity contribution in [3.63, 3.8) is 0 Å². The van der Waals surface area contributed by atoms with Crippen LogP contribution in [-0.4, -0.2) is 47.2 Å². The molecule has 0 radical (unpaired) electrons. The summed E-state index contributed by atoms with van der Waals surface area (Å²) in [4.78, 5) is 35.9. The van der Waals surface area contributed by atoms with Crippen molar-refractivity contribution in [2.75, 3.05) is 36.5 Å². The van der Waals surface area contributed by atoms with Gasteiger partial charge in [0.05, 0.1) is 34.3 Å². The predicted octanol–water partition coefficient (Wildman–Crippen LogP) is 2.47. The number of non-ortho nitro benzene ring substituents is 1. The number of thiocarbonyl (C=S) groups is 1. The Labute approximate surface area is 175 Å². The molecule has 0 saturated carbocycles. The van der Waals surface area contributed by atoms with Crippen LogP contribution in [0, 0.1) is 20.2 Å². The number of nitro benzene ring substituents is 2. The van der Waals surface area contributed by atoms with Crippen molar-refractivity contribution in [2.45, 2.75) is 0 Å². The van der Waals surface area contributed by atoms with E-state index in [1.54, 1.807) is 6.07 Å². The second kappa shape index (κ2) is 9.24. The first-order valence-electron chi connectivity index (χ1n) is 8.83. The van der Waals surface area contributed by atoms with E-state index < -0.39 is 15.8 Å². The van der Waals surface area contributed by atoms with Crippen LogP contribution in [0.5, 0.6) is 0 Å². The Morgan fingerprint density at radius 1 is 1.07 bits per heavy atom. The molecule has 0 atom stereocenters. The third-order valence-corrected chi connectivity index (χ3v) is 4.57.